The number of piperidine rings is 1. The van der Waals surface area contributed by atoms with Crippen molar-refractivity contribution in [1.82, 2.24) is 0 Å². The highest BCUT2D eigenvalue weighted by Crippen LogP contribution is 2.39. The standard InChI is InChI=1S/C22H25NO2S.ClH/c1-17(24)26-16-18-6-8-20(9-7-18)23-14-12-22(13-15-23)11-10-19-4-2-3-5-21(19)25-22;/h2-9H,10-16H2,1H3;1H. The molecule has 0 atom stereocenters. The first-order valence-corrected chi connectivity index (χ1v) is 10.4. The highest BCUT2D eigenvalue weighted by molar-refractivity contribution is 8.12. The molecule has 0 amide bonds. The number of aryl methyl sites for hydroxylation is 1. The van der Waals surface area contributed by atoms with Crippen molar-refractivity contribution in [3.63, 3.8) is 0 Å². The molecule has 0 saturated carbocycles. The second-order valence-corrected chi connectivity index (χ2v) is 8.48. The zero-order valence-corrected chi connectivity index (χ0v) is 17.3. The monoisotopic (exact) mass is 403 g/mol. The van der Waals surface area contributed by atoms with Crippen molar-refractivity contribution >= 4 is 35.0 Å². The van der Waals surface area contributed by atoms with Gasteiger partial charge in [-0.1, -0.05) is 42.1 Å². The van der Waals surface area contributed by atoms with Gasteiger partial charge in [0.25, 0.3) is 0 Å². The van der Waals surface area contributed by atoms with Gasteiger partial charge in [-0.3, -0.25) is 4.79 Å². The average Bonchev–Trinajstić information content (AvgIpc) is 2.67. The fraction of sp³-hybridized carbons (Fsp3) is 0.409. The number of carbonyl (C=O) groups excluding carboxylic acids is 1. The van der Waals surface area contributed by atoms with Crippen LogP contribution in [-0.2, 0) is 17.0 Å². The lowest BCUT2D eigenvalue weighted by atomic mass is 9.83. The maximum absolute atomic E-state index is 11.1. The number of carbonyl (C=O) groups is 1. The highest BCUT2D eigenvalue weighted by Gasteiger charge is 2.39. The van der Waals surface area contributed by atoms with E-state index in [1.54, 1.807) is 6.92 Å². The van der Waals surface area contributed by atoms with E-state index in [9.17, 15) is 4.79 Å². The second-order valence-electron chi connectivity index (χ2n) is 7.33. The van der Waals surface area contributed by atoms with Crippen molar-refractivity contribution in [2.75, 3.05) is 18.0 Å². The fourth-order valence-electron chi connectivity index (χ4n) is 3.97. The molecule has 0 bridgehead atoms. The van der Waals surface area contributed by atoms with E-state index in [4.69, 9.17) is 4.74 Å². The zero-order valence-electron chi connectivity index (χ0n) is 15.6. The smallest absolute Gasteiger partial charge is 0.186 e. The largest absolute Gasteiger partial charge is 0.487 e. The maximum atomic E-state index is 11.1. The predicted octanol–water partition coefficient (Wildman–Crippen LogP) is 5.25. The van der Waals surface area contributed by atoms with E-state index < -0.39 is 0 Å². The molecule has 0 N–H and O–H groups in total. The molecule has 0 aliphatic carbocycles. The third-order valence-corrected chi connectivity index (χ3v) is 6.45. The minimum atomic E-state index is 0. The molecule has 2 heterocycles. The number of nitrogens with zero attached hydrogens (tertiary/aromatic N) is 1. The van der Waals surface area contributed by atoms with Gasteiger partial charge in [0, 0.05) is 44.3 Å². The molecule has 0 radical (unpaired) electrons. The number of hydrogen-bond acceptors (Lipinski definition) is 4. The lowest BCUT2D eigenvalue weighted by molar-refractivity contribution is -0.109. The summed E-state index contributed by atoms with van der Waals surface area (Å²) >= 11 is 1.37. The SMILES string of the molecule is CC(=O)SCc1ccc(N2CCC3(CCc4ccccc4O3)CC2)cc1.Cl. The lowest BCUT2D eigenvalue weighted by Gasteiger charge is -2.45. The van der Waals surface area contributed by atoms with Gasteiger partial charge in [0.1, 0.15) is 11.4 Å². The number of halogens is 1. The molecule has 5 heteroatoms. The van der Waals surface area contributed by atoms with E-state index >= 15 is 0 Å². The van der Waals surface area contributed by atoms with Crippen molar-refractivity contribution in [3.05, 3.63) is 59.7 Å². The summed E-state index contributed by atoms with van der Waals surface area (Å²) in [4.78, 5) is 13.6. The summed E-state index contributed by atoms with van der Waals surface area (Å²) in [6, 6.07) is 17.1. The number of anilines is 1. The predicted molar refractivity (Wildman–Crippen MR) is 115 cm³/mol. The van der Waals surface area contributed by atoms with Crippen LogP contribution in [0.4, 0.5) is 5.69 Å². The van der Waals surface area contributed by atoms with Gasteiger partial charge in [0.05, 0.1) is 0 Å². The van der Waals surface area contributed by atoms with Gasteiger partial charge < -0.3 is 9.64 Å². The Kier molecular flexibility index (Phi) is 6.38. The number of hydrogen-bond donors (Lipinski definition) is 0. The fourth-order valence-corrected chi connectivity index (χ4v) is 4.53. The Morgan fingerprint density at radius 3 is 2.48 bits per heavy atom. The van der Waals surface area contributed by atoms with E-state index in [2.05, 4.69) is 53.4 Å². The lowest BCUT2D eigenvalue weighted by Crippen LogP contribution is -2.49. The minimum absolute atomic E-state index is 0. The zero-order chi connectivity index (χ0) is 18.0. The van der Waals surface area contributed by atoms with Crippen LogP contribution in [0.1, 0.15) is 37.3 Å². The van der Waals surface area contributed by atoms with Crippen LogP contribution in [0.2, 0.25) is 0 Å². The summed E-state index contributed by atoms with van der Waals surface area (Å²) in [7, 11) is 0. The molecule has 2 aliphatic rings. The van der Waals surface area contributed by atoms with Crippen LogP contribution in [0, 0.1) is 0 Å². The Morgan fingerprint density at radius 2 is 1.78 bits per heavy atom. The van der Waals surface area contributed by atoms with Gasteiger partial charge in [-0.05, 0) is 42.2 Å². The third-order valence-electron chi connectivity index (χ3n) is 5.57. The molecule has 144 valence electrons. The van der Waals surface area contributed by atoms with Crippen molar-refractivity contribution < 1.29 is 9.53 Å². The van der Waals surface area contributed by atoms with Crippen LogP contribution in [-0.4, -0.2) is 23.8 Å². The summed E-state index contributed by atoms with van der Waals surface area (Å²) in [6.07, 6.45) is 4.39. The Balaban J connectivity index is 0.00000210. The number of fused-ring (bicyclic) bond motifs is 1. The van der Waals surface area contributed by atoms with Crippen LogP contribution in [0.25, 0.3) is 0 Å². The van der Waals surface area contributed by atoms with Gasteiger partial charge in [-0.2, -0.15) is 0 Å². The maximum Gasteiger partial charge on any atom is 0.186 e. The van der Waals surface area contributed by atoms with Crippen LogP contribution in [0.15, 0.2) is 48.5 Å². The quantitative estimate of drug-likeness (QED) is 0.699. The molecule has 1 fully saturated rings. The topological polar surface area (TPSA) is 29.5 Å². The number of thioether (sulfide) groups is 1. The minimum Gasteiger partial charge on any atom is -0.487 e. The Labute approximate surface area is 171 Å². The molecule has 3 nitrogen and oxygen atoms in total. The summed E-state index contributed by atoms with van der Waals surface area (Å²) in [6.45, 7) is 3.68. The number of ether oxygens (including phenoxy) is 1. The van der Waals surface area contributed by atoms with E-state index in [0.29, 0.717) is 0 Å². The average molecular weight is 404 g/mol. The highest BCUT2D eigenvalue weighted by atomic mass is 35.5. The molecule has 0 aromatic heterocycles. The Hall–Kier alpha value is -1.65. The van der Waals surface area contributed by atoms with E-state index in [-0.39, 0.29) is 23.1 Å². The Bertz CT molecular complexity index is 785. The number of rotatable bonds is 3. The molecular formula is C22H26ClNO2S. The molecule has 2 aromatic rings. The van der Waals surface area contributed by atoms with Gasteiger partial charge >= 0.3 is 0 Å². The summed E-state index contributed by atoms with van der Waals surface area (Å²) in [5, 5.41) is 0.171. The molecule has 1 saturated heterocycles. The number of para-hydroxylation sites is 1. The van der Waals surface area contributed by atoms with E-state index in [1.807, 2.05) is 0 Å². The Morgan fingerprint density at radius 1 is 1.07 bits per heavy atom. The molecule has 27 heavy (non-hydrogen) atoms. The van der Waals surface area contributed by atoms with Crippen molar-refractivity contribution in [2.24, 2.45) is 0 Å². The van der Waals surface area contributed by atoms with Crippen LogP contribution in [0.5, 0.6) is 5.75 Å². The van der Waals surface area contributed by atoms with E-state index in [0.717, 1.165) is 50.3 Å². The normalized spacial score (nSPS) is 17.6. The van der Waals surface area contributed by atoms with Gasteiger partial charge in [0.15, 0.2) is 5.12 Å². The van der Waals surface area contributed by atoms with Gasteiger partial charge in [-0.25, -0.2) is 0 Å². The molecule has 0 unspecified atom stereocenters. The molecule has 2 aromatic carbocycles. The first kappa shape index (κ1) is 20.1. The summed E-state index contributed by atoms with van der Waals surface area (Å²) in [5.41, 5.74) is 3.84. The molecule has 2 aliphatic heterocycles. The first-order valence-electron chi connectivity index (χ1n) is 9.38. The number of benzene rings is 2. The molecule has 4 rings (SSSR count). The van der Waals surface area contributed by atoms with E-state index in [1.165, 1.54) is 28.6 Å². The van der Waals surface area contributed by atoms with Crippen molar-refractivity contribution in [2.45, 2.75) is 44.0 Å². The van der Waals surface area contributed by atoms with Crippen molar-refractivity contribution in [1.29, 1.82) is 0 Å². The summed E-state index contributed by atoms with van der Waals surface area (Å²) < 4.78 is 6.46. The second kappa shape index (κ2) is 8.57. The van der Waals surface area contributed by atoms with Crippen LogP contribution in [0.3, 0.4) is 0 Å². The first-order chi connectivity index (χ1) is 12.6. The summed E-state index contributed by atoms with van der Waals surface area (Å²) in [5.74, 6) is 1.84. The third kappa shape index (κ3) is 4.61. The van der Waals surface area contributed by atoms with Gasteiger partial charge in [0.2, 0.25) is 0 Å². The van der Waals surface area contributed by atoms with Crippen molar-refractivity contribution in [3.8, 4) is 5.75 Å². The van der Waals surface area contributed by atoms with Crippen LogP contribution < -0.4 is 9.64 Å². The molecular weight excluding hydrogens is 378 g/mol. The van der Waals surface area contributed by atoms with Crippen LogP contribution >= 0.6 is 24.2 Å². The van der Waals surface area contributed by atoms with Gasteiger partial charge in [-0.15, -0.1) is 12.4 Å². The molecule has 1 spiro atoms.